The number of rotatable bonds is 4. The fourth-order valence-electron chi connectivity index (χ4n) is 2.04. The van der Waals surface area contributed by atoms with Gasteiger partial charge in [-0.2, -0.15) is 0 Å². The molecule has 0 spiro atoms. The Bertz CT molecular complexity index is 586. The monoisotopic (exact) mass is 333 g/mol. The van der Waals surface area contributed by atoms with Crippen LogP contribution in [0.3, 0.4) is 0 Å². The lowest BCUT2D eigenvalue weighted by Gasteiger charge is -2.28. The minimum atomic E-state index is -3.39. The molecule has 1 aliphatic rings. The summed E-state index contributed by atoms with van der Waals surface area (Å²) < 4.78 is 25.8. The lowest BCUT2D eigenvalue weighted by atomic mass is 10.1. The summed E-state index contributed by atoms with van der Waals surface area (Å²) in [5, 5.41) is 3.18. The molecule has 2 N–H and O–H groups in total. The third kappa shape index (κ3) is 4.59. The van der Waals surface area contributed by atoms with Crippen molar-refractivity contribution in [2.45, 2.75) is 6.92 Å². The standard InChI is InChI=1S/C13H19N3O3S.ClH/c1-2-20(18,19)15-12-6-4-3-5-11(12)13(17)16-9-7-14-8-10-16;/h3-6,14-15H,2,7-10H2,1H3;1H. The highest BCUT2D eigenvalue weighted by Gasteiger charge is 2.21. The van der Waals surface area contributed by atoms with Gasteiger partial charge < -0.3 is 10.2 Å². The molecule has 0 aromatic heterocycles. The molecule has 21 heavy (non-hydrogen) atoms. The first-order valence-corrected chi connectivity index (χ1v) is 8.28. The summed E-state index contributed by atoms with van der Waals surface area (Å²) in [6.45, 7) is 4.34. The third-order valence-electron chi connectivity index (χ3n) is 3.21. The molecular formula is C13H20ClN3O3S. The number of piperazine rings is 1. The van der Waals surface area contributed by atoms with Crippen molar-refractivity contribution in [1.82, 2.24) is 10.2 Å². The SMILES string of the molecule is CCS(=O)(=O)Nc1ccccc1C(=O)N1CCNCC1.Cl. The number of sulfonamides is 1. The van der Waals surface area contributed by atoms with Crippen molar-refractivity contribution in [3.8, 4) is 0 Å². The Labute approximate surface area is 131 Å². The largest absolute Gasteiger partial charge is 0.336 e. The van der Waals surface area contributed by atoms with Gasteiger partial charge in [0.05, 0.1) is 17.0 Å². The first-order valence-electron chi connectivity index (χ1n) is 6.63. The molecule has 1 aliphatic heterocycles. The van der Waals surface area contributed by atoms with E-state index >= 15 is 0 Å². The molecule has 0 aliphatic carbocycles. The van der Waals surface area contributed by atoms with Gasteiger partial charge in [0.1, 0.15) is 0 Å². The van der Waals surface area contributed by atoms with Crippen molar-refractivity contribution in [3.05, 3.63) is 29.8 Å². The molecule has 118 valence electrons. The summed E-state index contributed by atoms with van der Waals surface area (Å²) in [5.74, 6) is -0.163. The van der Waals surface area contributed by atoms with Crippen LogP contribution >= 0.6 is 12.4 Å². The Morgan fingerprint density at radius 1 is 1.29 bits per heavy atom. The van der Waals surface area contributed by atoms with E-state index in [2.05, 4.69) is 10.0 Å². The summed E-state index contributed by atoms with van der Waals surface area (Å²) in [4.78, 5) is 14.2. The van der Waals surface area contributed by atoms with Gasteiger partial charge in [-0.25, -0.2) is 8.42 Å². The van der Waals surface area contributed by atoms with E-state index in [1.54, 1.807) is 36.1 Å². The van der Waals surface area contributed by atoms with E-state index in [4.69, 9.17) is 0 Å². The molecule has 2 rings (SSSR count). The van der Waals surface area contributed by atoms with Gasteiger partial charge in [-0.1, -0.05) is 12.1 Å². The molecule has 1 heterocycles. The van der Waals surface area contributed by atoms with E-state index in [0.29, 0.717) is 24.3 Å². The number of carbonyl (C=O) groups is 1. The van der Waals surface area contributed by atoms with E-state index in [1.165, 1.54) is 0 Å². The van der Waals surface area contributed by atoms with E-state index < -0.39 is 10.0 Å². The number of anilines is 1. The number of amides is 1. The fourth-order valence-corrected chi connectivity index (χ4v) is 2.69. The molecule has 0 atom stereocenters. The number of benzene rings is 1. The molecule has 1 aromatic carbocycles. The Balaban J connectivity index is 0.00000220. The van der Waals surface area contributed by atoms with Gasteiger partial charge in [-0.05, 0) is 19.1 Å². The molecule has 1 amide bonds. The van der Waals surface area contributed by atoms with Crippen molar-refractivity contribution in [1.29, 1.82) is 0 Å². The smallest absolute Gasteiger partial charge is 0.256 e. The second-order valence-corrected chi connectivity index (χ2v) is 6.60. The van der Waals surface area contributed by atoms with Gasteiger partial charge in [0.15, 0.2) is 0 Å². The number of hydrogen-bond acceptors (Lipinski definition) is 4. The number of halogens is 1. The maximum atomic E-state index is 12.5. The van der Waals surface area contributed by atoms with Crippen molar-refractivity contribution in [3.63, 3.8) is 0 Å². The van der Waals surface area contributed by atoms with E-state index in [0.717, 1.165) is 13.1 Å². The average molecular weight is 334 g/mol. The second-order valence-electron chi connectivity index (χ2n) is 4.59. The van der Waals surface area contributed by atoms with Crippen LogP contribution in [0.4, 0.5) is 5.69 Å². The molecule has 8 heteroatoms. The van der Waals surface area contributed by atoms with Crippen LogP contribution < -0.4 is 10.0 Å². The highest BCUT2D eigenvalue weighted by atomic mass is 35.5. The first-order chi connectivity index (χ1) is 9.53. The number of para-hydroxylation sites is 1. The summed E-state index contributed by atoms with van der Waals surface area (Å²) in [5.41, 5.74) is 0.740. The molecule has 6 nitrogen and oxygen atoms in total. The Morgan fingerprint density at radius 3 is 2.52 bits per heavy atom. The van der Waals surface area contributed by atoms with Crippen LogP contribution in [0.25, 0.3) is 0 Å². The summed E-state index contributed by atoms with van der Waals surface area (Å²) in [6, 6.07) is 6.71. The van der Waals surface area contributed by atoms with Crippen LogP contribution in [0.15, 0.2) is 24.3 Å². The normalized spacial score (nSPS) is 15.2. The van der Waals surface area contributed by atoms with Gasteiger partial charge >= 0.3 is 0 Å². The fraction of sp³-hybridized carbons (Fsp3) is 0.462. The van der Waals surface area contributed by atoms with Crippen molar-refractivity contribution < 1.29 is 13.2 Å². The minimum absolute atomic E-state index is 0. The van der Waals surface area contributed by atoms with Crippen LogP contribution in [0.2, 0.25) is 0 Å². The van der Waals surface area contributed by atoms with Crippen molar-refractivity contribution in [2.24, 2.45) is 0 Å². The average Bonchev–Trinajstić information content (AvgIpc) is 2.48. The lowest BCUT2D eigenvalue weighted by molar-refractivity contribution is 0.0737. The second kappa shape index (κ2) is 7.63. The molecule has 0 unspecified atom stereocenters. The molecule has 0 bridgehead atoms. The van der Waals surface area contributed by atoms with Crippen LogP contribution in [-0.4, -0.2) is 51.2 Å². The molecule has 1 saturated heterocycles. The van der Waals surface area contributed by atoms with E-state index in [-0.39, 0.29) is 24.1 Å². The van der Waals surface area contributed by atoms with Crippen molar-refractivity contribution in [2.75, 3.05) is 36.7 Å². The van der Waals surface area contributed by atoms with Crippen LogP contribution in [0.1, 0.15) is 17.3 Å². The van der Waals surface area contributed by atoms with Gasteiger partial charge in [0.25, 0.3) is 5.91 Å². The zero-order valence-corrected chi connectivity index (χ0v) is 13.5. The lowest BCUT2D eigenvalue weighted by Crippen LogP contribution is -2.46. The molecular weight excluding hydrogens is 314 g/mol. The quantitative estimate of drug-likeness (QED) is 0.858. The number of carbonyl (C=O) groups excluding carboxylic acids is 1. The number of nitrogens with zero attached hydrogens (tertiary/aromatic N) is 1. The minimum Gasteiger partial charge on any atom is -0.336 e. The van der Waals surface area contributed by atoms with E-state index in [9.17, 15) is 13.2 Å². The van der Waals surface area contributed by atoms with Crippen LogP contribution in [-0.2, 0) is 10.0 Å². The molecule has 1 fully saturated rings. The Morgan fingerprint density at radius 2 is 1.90 bits per heavy atom. The molecule has 0 radical (unpaired) electrons. The maximum Gasteiger partial charge on any atom is 0.256 e. The van der Waals surface area contributed by atoms with Gasteiger partial charge in [-0.15, -0.1) is 12.4 Å². The number of nitrogens with one attached hydrogen (secondary N) is 2. The van der Waals surface area contributed by atoms with Gasteiger partial charge in [0, 0.05) is 26.2 Å². The van der Waals surface area contributed by atoms with Crippen LogP contribution in [0, 0.1) is 0 Å². The molecule has 0 saturated carbocycles. The zero-order valence-electron chi connectivity index (χ0n) is 11.8. The van der Waals surface area contributed by atoms with E-state index in [1.807, 2.05) is 0 Å². The summed E-state index contributed by atoms with van der Waals surface area (Å²) >= 11 is 0. The zero-order chi connectivity index (χ0) is 14.6. The van der Waals surface area contributed by atoms with Crippen molar-refractivity contribution >= 4 is 34.0 Å². The summed E-state index contributed by atoms with van der Waals surface area (Å²) in [6.07, 6.45) is 0. The highest BCUT2D eigenvalue weighted by molar-refractivity contribution is 7.92. The summed E-state index contributed by atoms with van der Waals surface area (Å²) in [7, 11) is -3.39. The first kappa shape index (κ1) is 17.7. The highest BCUT2D eigenvalue weighted by Crippen LogP contribution is 2.19. The third-order valence-corrected chi connectivity index (χ3v) is 4.50. The number of hydrogen-bond donors (Lipinski definition) is 2. The van der Waals surface area contributed by atoms with Gasteiger partial charge in [-0.3, -0.25) is 9.52 Å². The maximum absolute atomic E-state index is 12.5. The van der Waals surface area contributed by atoms with Gasteiger partial charge in [0.2, 0.25) is 10.0 Å². The van der Waals surface area contributed by atoms with Crippen LogP contribution in [0.5, 0.6) is 0 Å². The topological polar surface area (TPSA) is 78.5 Å². The molecule has 1 aromatic rings. The predicted octanol–water partition coefficient (Wildman–Crippen LogP) is 0.915. The Hall–Kier alpha value is -1.31. The predicted molar refractivity (Wildman–Crippen MR) is 85.5 cm³/mol. The Kier molecular flexibility index (Phi) is 6.44.